The predicted octanol–water partition coefficient (Wildman–Crippen LogP) is 5.57. The van der Waals surface area contributed by atoms with E-state index in [4.69, 9.17) is 0 Å². The van der Waals surface area contributed by atoms with Gasteiger partial charge in [-0.3, -0.25) is 4.57 Å². The maximum atomic E-state index is 13.9. The Bertz CT molecular complexity index is 1010. The van der Waals surface area contributed by atoms with E-state index in [0.717, 1.165) is 28.5 Å². The summed E-state index contributed by atoms with van der Waals surface area (Å²) >= 11 is 2.90. The van der Waals surface area contributed by atoms with Gasteiger partial charge < -0.3 is 0 Å². The van der Waals surface area contributed by atoms with Crippen LogP contribution in [-0.2, 0) is 5.75 Å². The van der Waals surface area contributed by atoms with Gasteiger partial charge in [-0.1, -0.05) is 36.0 Å². The van der Waals surface area contributed by atoms with E-state index in [1.165, 1.54) is 17.8 Å². The van der Waals surface area contributed by atoms with Crippen molar-refractivity contribution in [1.82, 2.24) is 14.8 Å². The van der Waals surface area contributed by atoms with Crippen LogP contribution in [0.1, 0.15) is 5.56 Å². The molecule has 0 N–H and O–H groups in total. The number of thiophene rings is 1. The van der Waals surface area contributed by atoms with E-state index in [1.54, 1.807) is 11.3 Å². The van der Waals surface area contributed by atoms with Crippen LogP contribution in [0, 0.1) is 11.6 Å². The second kappa shape index (κ2) is 7.39. The second-order valence-corrected chi connectivity index (χ2v) is 7.37. The van der Waals surface area contributed by atoms with Gasteiger partial charge in [0.1, 0.15) is 11.6 Å². The quantitative estimate of drug-likeness (QED) is 0.421. The normalized spacial score (nSPS) is 11.0. The van der Waals surface area contributed by atoms with Crippen molar-refractivity contribution >= 4 is 23.1 Å². The number of benzene rings is 2. The maximum absolute atomic E-state index is 13.9. The zero-order valence-electron chi connectivity index (χ0n) is 13.5. The molecule has 4 aromatic rings. The molecule has 0 fully saturated rings. The molecule has 0 amide bonds. The van der Waals surface area contributed by atoms with Crippen molar-refractivity contribution in [3.63, 3.8) is 0 Å². The lowest BCUT2D eigenvalue weighted by Crippen LogP contribution is -1.99. The van der Waals surface area contributed by atoms with Crippen LogP contribution in [0.2, 0.25) is 0 Å². The summed E-state index contributed by atoms with van der Waals surface area (Å²) in [4.78, 5) is 0.991. The lowest BCUT2D eigenvalue weighted by Gasteiger charge is -2.09. The van der Waals surface area contributed by atoms with Gasteiger partial charge in [0.2, 0.25) is 0 Å². The molecular weight excluding hydrogens is 372 g/mol. The topological polar surface area (TPSA) is 30.7 Å². The van der Waals surface area contributed by atoms with Crippen molar-refractivity contribution in [3.8, 4) is 16.4 Å². The van der Waals surface area contributed by atoms with Gasteiger partial charge >= 0.3 is 0 Å². The highest BCUT2D eigenvalue weighted by Crippen LogP contribution is 2.32. The van der Waals surface area contributed by atoms with Crippen molar-refractivity contribution in [1.29, 1.82) is 0 Å². The van der Waals surface area contributed by atoms with Crippen molar-refractivity contribution in [3.05, 3.63) is 83.2 Å². The number of nitrogens with zero attached hydrogens (tertiary/aromatic N) is 3. The third-order valence-electron chi connectivity index (χ3n) is 3.75. The molecule has 0 spiro atoms. The molecule has 3 nitrogen and oxygen atoms in total. The minimum Gasteiger partial charge on any atom is -0.269 e. The maximum Gasteiger partial charge on any atom is 0.196 e. The van der Waals surface area contributed by atoms with E-state index in [9.17, 15) is 8.78 Å². The standard InChI is InChI=1S/C19H13F2N3S2/c20-14-8-9-16(21)13(11-14)12-26-19-23-22-18(17-7-4-10-25-17)24(19)15-5-2-1-3-6-15/h1-11H,12H2. The average Bonchev–Trinajstić information content (AvgIpc) is 3.32. The molecular formula is C19H13F2N3S2. The summed E-state index contributed by atoms with van der Waals surface area (Å²) < 4.78 is 29.2. The molecule has 0 aliphatic heterocycles. The Kier molecular flexibility index (Phi) is 4.81. The number of aromatic nitrogens is 3. The molecule has 0 bridgehead atoms. The van der Waals surface area contributed by atoms with Gasteiger partial charge in [-0.05, 0) is 41.8 Å². The summed E-state index contributed by atoms with van der Waals surface area (Å²) in [7, 11) is 0. The summed E-state index contributed by atoms with van der Waals surface area (Å²) in [5.74, 6) is 0.112. The van der Waals surface area contributed by atoms with Crippen LogP contribution < -0.4 is 0 Å². The van der Waals surface area contributed by atoms with Crippen LogP contribution in [0.15, 0.2) is 71.2 Å². The van der Waals surface area contributed by atoms with Gasteiger partial charge in [0.25, 0.3) is 0 Å². The Morgan fingerprint density at radius 3 is 2.58 bits per heavy atom. The monoisotopic (exact) mass is 385 g/mol. The summed E-state index contributed by atoms with van der Waals surface area (Å²) in [6, 6.07) is 17.2. The first kappa shape index (κ1) is 16.9. The molecule has 2 aromatic carbocycles. The fourth-order valence-corrected chi connectivity index (χ4v) is 4.16. The first-order valence-electron chi connectivity index (χ1n) is 7.84. The molecule has 0 atom stereocenters. The summed E-state index contributed by atoms with van der Waals surface area (Å²) in [6.07, 6.45) is 0. The molecule has 2 heterocycles. The third kappa shape index (κ3) is 3.40. The van der Waals surface area contributed by atoms with Crippen LogP contribution >= 0.6 is 23.1 Å². The minimum atomic E-state index is -0.453. The van der Waals surface area contributed by atoms with Crippen LogP contribution in [0.4, 0.5) is 8.78 Å². The number of hydrogen-bond acceptors (Lipinski definition) is 4. The van der Waals surface area contributed by atoms with Crippen molar-refractivity contribution in [2.24, 2.45) is 0 Å². The zero-order chi connectivity index (χ0) is 17.9. The minimum absolute atomic E-state index is 0.263. The van der Waals surface area contributed by atoms with E-state index < -0.39 is 11.6 Å². The van der Waals surface area contributed by atoms with Gasteiger partial charge in [-0.25, -0.2) is 8.78 Å². The molecule has 2 aromatic heterocycles. The largest absolute Gasteiger partial charge is 0.269 e. The average molecular weight is 385 g/mol. The third-order valence-corrected chi connectivity index (χ3v) is 5.60. The van der Waals surface area contributed by atoms with Gasteiger partial charge in [0.05, 0.1) is 4.88 Å². The predicted molar refractivity (Wildman–Crippen MR) is 101 cm³/mol. The molecule has 0 aliphatic rings. The fraction of sp³-hybridized carbons (Fsp3) is 0.0526. The first-order chi connectivity index (χ1) is 12.7. The van der Waals surface area contributed by atoms with E-state index in [-0.39, 0.29) is 5.75 Å². The molecule has 0 unspecified atom stereocenters. The Balaban J connectivity index is 1.71. The van der Waals surface area contributed by atoms with Crippen molar-refractivity contribution in [2.75, 3.05) is 0 Å². The van der Waals surface area contributed by atoms with Gasteiger partial charge in [-0.15, -0.1) is 21.5 Å². The van der Waals surface area contributed by atoms with Crippen molar-refractivity contribution in [2.45, 2.75) is 10.9 Å². The smallest absolute Gasteiger partial charge is 0.196 e. The lowest BCUT2D eigenvalue weighted by molar-refractivity contribution is 0.591. The first-order valence-corrected chi connectivity index (χ1v) is 9.70. The number of rotatable bonds is 5. The highest BCUT2D eigenvalue weighted by molar-refractivity contribution is 7.98. The number of hydrogen-bond donors (Lipinski definition) is 0. The molecule has 7 heteroatoms. The Morgan fingerprint density at radius 2 is 1.81 bits per heavy atom. The van der Waals surface area contributed by atoms with Crippen LogP contribution in [-0.4, -0.2) is 14.8 Å². The van der Waals surface area contributed by atoms with Crippen LogP contribution in [0.25, 0.3) is 16.4 Å². The lowest BCUT2D eigenvalue weighted by atomic mass is 10.2. The molecule has 26 heavy (non-hydrogen) atoms. The van der Waals surface area contributed by atoms with Gasteiger partial charge in [0.15, 0.2) is 11.0 Å². The van der Waals surface area contributed by atoms with E-state index in [0.29, 0.717) is 10.7 Å². The molecule has 0 radical (unpaired) electrons. The zero-order valence-corrected chi connectivity index (χ0v) is 15.1. The van der Waals surface area contributed by atoms with E-state index >= 15 is 0 Å². The number of halogens is 2. The van der Waals surface area contributed by atoms with Crippen molar-refractivity contribution < 1.29 is 8.78 Å². The summed E-state index contributed by atoms with van der Waals surface area (Å²) in [5, 5.41) is 11.2. The summed E-state index contributed by atoms with van der Waals surface area (Å²) in [6.45, 7) is 0. The molecule has 0 aliphatic carbocycles. The molecule has 4 rings (SSSR count). The fourth-order valence-electron chi connectivity index (χ4n) is 2.53. The second-order valence-electron chi connectivity index (χ2n) is 5.48. The number of para-hydroxylation sites is 1. The molecule has 0 saturated heterocycles. The Labute approximate surface area is 157 Å². The summed E-state index contributed by atoms with van der Waals surface area (Å²) in [5.41, 5.74) is 1.22. The highest BCUT2D eigenvalue weighted by atomic mass is 32.2. The van der Waals surface area contributed by atoms with Gasteiger partial charge in [-0.2, -0.15) is 0 Å². The van der Waals surface area contributed by atoms with Gasteiger partial charge in [0, 0.05) is 17.0 Å². The molecule has 0 saturated carbocycles. The Hall–Kier alpha value is -2.51. The van der Waals surface area contributed by atoms with Crippen LogP contribution in [0.3, 0.4) is 0 Å². The number of thioether (sulfide) groups is 1. The molecule has 130 valence electrons. The Morgan fingerprint density at radius 1 is 0.962 bits per heavy atom. The van der Waals surface area contributed by atoms with E-state index in [1.807, 2.05) is 52.4 Å². The van der Waals surface area contributed by atoms with Crippen LogP contribution in [0.5, 0.6) is 0 Å². The SMILES string of the molecule is Fc1ccc(F)c(CSc2nnc(-c3cccs3)n2-c2ccccc2)c1. The van der Waals surface area contributed by atoms with E-state index in [2.05, 4.69) is 10.2 Å². The highest BCUT2D eigenvalue weighted by Gasteiger charge is 2.17.